The minimum atomic E-state index is -3.87. The summed E-state index contributed by atoms with van der Waals surface area (Å²) in [7, 11) is -3.87. The lowest BCUT2D eigenvalue weighted by Crippen LogP contribution is -2.13. The lowest BCUT2D eigenvalue weighted by molar-refractivity contribution is 0.275. The maximum absolute atomic E-state index is 13.2. The number of halogens is 1. The van der Waals surface area contributed by atoms with Crippen molar-refractivity contribution in [2.45, 2.75) is 18.4 Å². The van der Waals surface area contributed by atoms with Crippen molar-refractivity contribution < 1.29 is 17.9 Å². The zero-order valence-corrected chi connectivity index (χ0v) is 11.4. The number of anilines is 1. The van der Waals surface area contributed by atoms with E-state index in [-0.39, 0.29) is 15.6 Å². The molecule has 19 heavy (non-hydrogen) atoms. The number of aryl methyl sites for hydroxylation is 1. The van der Waals surface area contributed by atoms with Gasteiger partial charge in [0, 0.05) is 5.56 Å². The Bertz CT molecular complexity index is 700. The van der Waals surface area contributed by atoms with Crippen LogP contribution in [0.2, 0.25) is 0 Å². The molecule has 0 bridgehead atoms. The summed E-state index contributed by atoms with van der Waals surface area (Å²) in [6.07, 6.45) is 0. The standard InChI is InChI=1S/C10H10FN3O3S2/c1-6-12-13-10(18-6)14-19(16,17)8-2-3-9(11)7(4-8)5-15/h2-4,15H,5H2,1H3,(H,13,14). The SMILES string of the molecule is Cc1nnc(NS(=O)(=O)c2ccc(F)c(CO)c2)s1. The molecule has 0 atom stereocenters. The molecule has 1 aromatic carbocycles. The second kappa shape index (κ2) is 5.19. The van der Waals surface area contributed by atoms with E-state index in [0.29, 0.717) is 5.01 Å². The Morgan fingerprint density at radius 2 is 2.16 bits per heavy atom. The van der Waals surface area contributed by atoms with Crippen LogP contribution >= 0.6 is 11.3 Å². The van der Waals surface area contributed by atoms with E-state index in [1.165, 1.54) is 0 Å². The maximum atomic E-state index is 13.2. The lowest BCUT2D eigenvalue weighted by Gasteiger charge is -2.06. The van der Waals surface area contributed by atoms with Crippen LogP contribution in [0.4, 0.5) is 9.52 Å². The summed E-state index contributed by atoms with van der Waals surface area (Å²) in [6.45, 7) is 1.12. The number of aromatic nitrogens is 2. The monoisotopic (exact) mass is 303 g/mol. The van der Waals surface area contributed by atoms with Crippen molar-refractivity contribution in [2.75, 3.05) is 4.72 Å². The number of hydrogen-bond donors (Lipinski definition) is 2. The molecule has 0 amide bonds. The smallest absolute Gasteiger partial charge is 0.263 e. The molecule has 0 saturated heterocycles. The molecular formula is C10H10FN3O3S2. The van der Waals surface area contributed by atoms with Gasteiger partial charge in [-0.05, 0) is 25.1 Å². The molecule has 0 fully saturated rings. The molecule has 102 valence electrons. The number of sulfonamides is 1. The van der Waals surface area contributed by atoms with Gasteiger partial charge in [0.1, 0.15) is 10.8 Å². The van der Waals surface area contributed by atoms with E-state index in [2.05, 4.69) is 14.9 Å². The van der Waals surface area contributed by atoms with Crippen LogP contribution in [0, 0.1) is 12.7 Å². The van der Waals surface area contributed by atoms with Gasteiger partial charge in [-0.25, -0.2) is 12.8 Å². The number of nitrogens with one attached hydrogen (secondary N) is 1. The van der Waals surface area contributed by atoms with E-state index >= 15 is 0 Å². The highest BCUT2D eigenvalue weighted by atomic mass is 32.2. The Labute approximate surface area is 113 Å². The summed E-state index contributed by atoms with van der Waals surface area (Å²) in [5.74, 6) is -0.659. The Morgan fingerprint density at radius 3 is 2.74 bits per heavy atom. The summed E-state index contributed by atoms with van der Waals surface area (Å²) in [5, 5.41) is 17.0. The molecule has 0 aliphatic carbocycles. The van der Waals surface area contributed by atoms with Gasteiger partial charge in [0.25, 0.3) is 10.0 Å². The summed E-state index contributed by atoms with van der Waals surface area (Å²) in [4.78, 5) is -0.147. The van der Waals surface area contributed by atoms with E-state index in [4.69, 9.17) is 5.11 Å². The number of rotatable bonds is 4. The van der Waals surface area contributed by atoms with Crippen molar-refractivity contribution >= 4 is 26.5 Å². The highest BCUT2D eigenvalue weighted by Crippen LogP contribution is 2.21. The second-order valence-corrected chi connectivity index (χ2v) is 6.51. The fourth-order valence-electron chi connectivity index (χ4n) is 1.35. The summed E-state index contributed by atoms with van der Waals surface area (Å²) in [6, 6.07) is 3.18. The molecule has 0 aliphatic rings. The first-order valence-corrected chi connectivity index (χ1v) is 7.44. The molecule has 0 aliphatic heterocycles. The Kier molecular flexibility index (Phi) is 3.78. The van der Waals surface area contributed by atoms with Gasteiger partial charge in [-0.3, -0.25) is 4.72 Å². The number of hydrogen-bond acceptors (Lipinski definition) is 6. The predicted molar refractivity (Wildman–Crippen MR) is 67.8 cm³/mol. The van der Waals surface area contributed by atoms with Crippen LogP contribution in [0.1, 0.15) is 10.6 Å². The quantitative estimate of drug-likeness (QED) is 0.887. The summed E-state index contributed by atoms with van der Waals surface area (Å²) in [5.41, 5.74) is -0.0867. The highest BCUT2D eigenvalue weighted by Gasteiger charge is 2.18. The van der Waals surface area contributed by atoms with Gasteiger partial charge in [0.2, 0.25) is 5.13 Å². The van der Waals surface area contributed by atoms with Gasteiger partial charge in [-0.15, -0.1) is 10.2 Å². The molecule has 1 heterocycles. The van der Waals surface area contributed by atoms with Crippen molar-refractivity contribution in [3.63, 3.8) is 0 Å². The molecule has 1 aromatic heterocycles. The molecule has 2 aromatic rings. The first kappa shape index (κ1) is 13.8. The molecule has 2 N–H and O–H groups in total. The Balaban J connectivity index is 2.34. The van der Waals surface area contributed by atoms with Gasteiger partial charge in [-0.1, -0.05) is 11.3 Å². The molecule has 9 heteroatoms. The Hall–Kier alpha value is -1.58. The normalized spacial score (nSPS) is 11.5. The topological polar surface area (TPSA) is 92.2 Å². The average Bonchev–Trinajstić information content (AvgIpc) is 2.74. The zero-order valence-electron chi connectivity index (χ0n) is 9.79. The van der Waals surface area contributed by atoms with Crippen molar-refractivity contribution in [1.29, 1.82) is 0 Å². The zero-order chi connectivity index (χ0) is 14.0. The third kappa shape index (κ3) is 3.06. The fourth-order valence-corrected chi connectivity index (χ4v) is 3.22. The van der Waals surface area contributed by atoms with Crippen molar-refractivity contribution in [3.8, 4) is 0 Å². The van der Waals surface area contributed by atoms with E-state index in [0.717, 1.165) is 29.5 Å². The maximum Gasteiger partial charge on any atom is 0.263 e. The van der Waals surface area contributed by atoms with E-state index in [1.54, 1.807) is 6.92 Å². The van der Waals surface area contributed by atoms with E-state index in [9.17, 15) is 12.8 Å². The fraction of sp³-hybridized carbons (Fsp3) is 0.200. The van der Waals surface area contributed by atoms with Gasteiger partial charge in [0.05, 0.1) is 11.5 Å². The second-order valence-electron chi connectivity index (χ2n) is 3.64. The van der Waals surface area contributed by atoms with Crippen molar-refractivity contribution in [2.24, 2.45) is 0 Å². The average molecular weight is 303 g/mol. The summed E-state index contributed by atoms with van der Waals surface area (Å²) >= 11 is 1.09. The third-order valence-corrected chi connectivity index (χ3v) is 4.47. The molecular weight excluding hydrogens is 293 g/mol. The van der Waals surface area contributed by atoms with Crippen molar-refractivity contribution in [1.82, 2.24) is 10.2 Å². The van der Waals surface area contributed by atoms with Gasteiger partial charge in [-0.2, -0.15) is 0 Å². The minimum absolute atomic E-state index is 0.0867. The van der Waals surface area contributed by atoms with Gasteiger partial charge < -0.3 is 5.11 Å². The van der Waals surface area contributed by atoms with Crippen LogP contribution < -0.4 is 4.72 Å². The number of aliphatic hydroxyl groups is 1. The van der Waals surface area contributed by atoms with Crippen molar-refractivity contribution in [3.05, 3.63) is 34.6 Å². The largest absolute Gasteiger partial charge is 0.392 e. The molecule has 0 spiro atoms. The first-order chi connectivity index (χ1) is 8.92. The molecule has 2 rings (SSSR count). The van der Waals surface area contributed by atoms with E-state index in [1.807, 2.05) is 0 Å². The molecule has 6 nitrogen and oxygen atoms in total. The molecule has 0 radical (unpaired) electrons. The molecule has 0 saturated carbocycles. The van der Waals surface area contributed by atoms with Crippen LogP contribution in [0.5, 0.6) is 0 Å². The number of nitrogens with zero attached hydrogens (tertiary/aromatic N) is 2. The minimum Gasteiger partial charge on any atom is -0.392 e. The number of aliphatic hydroxyl groups excluding tert-OH is 1. The lowest BCUT2D eigenvalue weighted by atomic mass is 10.2. The highest BCUT2D eigenvalue weighted by molar-refractivity contribution is 7.93. The third-order valence-electron chi connectivity index (χ3n) is 2.25. The number of benzene rings is 1. The predicted octanol–water partition coefficient (Wildman–Crippen LogP) is 1.28. The molecule has 0 unspecified atom stereocenters. The van der Waals surface area contributed by atoms with Crippen LogP contribution in [0.25, 0.3) is 0 Å². The van der Waals surface area contributed by atoms with Crippen LogP contribution in [0.15, 0.2) is 23.1 Å². The van der Waals surface area contributed by atoms with E-state index < -0.39 is 22.4 Å². The van der Waals surface area contributed by atoms with Crippen LogP contribution in [0.3, 0.4) is 0 Å². The van der Waals surface area contributed by atoms with Gasteiger partial charge >= 0.3 is 0 Å². The van der Waals surface area contributed by atoms with Crippen LogP contribution in [-0.4, -0.2) is 23.7 Å². The van der Waals surface area contributed by atoms with Crippen LogP contribution in [-0.2, 0) is 16.6 Å². The van der Waals surface area contributed by atoms with Gasteiger partial charge in [0.15, 0.2) is 0 Å². The summed E-state index contributed by atoms with van der Waals surface area (Å²) < 4.78 is 39.5. The first-order valence-electron chi connectivity index (χ1n) is 5.14. The Morgan fingerprint density at radius 1 is 1.42 bits per heavy atom.